The smallest absolute Gasteiger partial charge is 0.346 e. The van der Waals surface area contributed by atoms with E-state index in [-0.39, 0.29) is 22.8 Å². The number of amides is 1. The van der Waals surface area contributed by atoms with Gasteiger partial charge in [-0.3, -0.25) is 4.79 Å². The standard InChI is InChI=1S/C17H15NO6S/c1-25(22,23)15-9-5-2-6-11(15)16(19)18-10-14(17(20)21)24-13-8-4-3-7-12(13)18/h2-9,14H,10H2,1H3,(H,20,21). The van der Waals surface area contributed by atoms with Crippen LogP contribution in [0.5, 0.6) is 5.75 Å². The lowest BCUT2D eigenvalue weighted by atomic mass is 10.1. The summed E-state index contributed by atoms with van der Waals surface area (Å²) in [5.41, 5.74) is 0.388. The van der Waals surface area contributed by atoms with E-state index >= 15 is 0 Å². The molecule has 0 aliphatic carbocycles. The zero-order valence-corrected chi connectivity index (χ0v) is 14.1. The fourth-order valence-electron chi connectivity index (χ4n) is 2.67. The molecule has 1 heterocycles. The van der Waals surface area contributed by atoms with E-state index in [2.05, 4.69) is 0 Å². The number of anilines is 1. The van der Waals surface area contributed by atoms with Crippen molar-refractivity contribution >= 4 is 27.4 Å². The molecule has 7 nitrogen and oxygen atoms in total. The number of hydrogen-bond donors (Lipinski definition) is 1. The lowest BCUT2D eigenvalue weighted by Crippen LogP contribution is -2.47. The summed E-state index contributed by atoms with van der Waals surface area (Å²) in [6.45, 7) is -0.219. The van der Waals surface area contributed by atoms with E-state index in [0.29, 0.717) is 5.69 Å². The molecule has 0 bridgehead atoms. The van der Waals surface area contributed by atoms with Gasteiger partial charge in [-0.25, -0.2) is 13.2 Å². The minimum atomic E-state index is -3.62. The number of para-hydroxylation sites is 2. The van der Waals surface area contributed by atoms with E-state index in [4.69, 9.17) is 4.74 Å². The molecule has 1 N–H and O–H groups in total. The average Bonchev–Trinajstić information content (AvgIpc) is 2.59. The van der Waals surface area contributed by atoms with Gasteiger partial charge in [0.15, 0.2) is 9.84 Å². The predicted molar refractivity (Wildman–Crippen MR) is 89.7 cm³/mol. The second kappa shape index (κ2) is 6.21. The minimum Gasteiger partial charge on any atom is -0.478 e. The quantitative estimate of drug-likeness (QED) is 0.891. The van der Waals surface area contributed by atoms with Crippen LogP contribution in [0.4, 0.5) is 5.69 Å². The van der Waals surface area contributed by atoms with Crippen molar-refractivity contribution in [3.63, 3.8) is 0 Å². The van der Waals surface area contributed by atoms with Gasteiger partial charge in [0.2, 0.25) is 6.10 Å². The van der Waals surface area contributed by atoms with E-state index in [1.54, 1.807) is 30.3 Å². The number of hydrogen-bond acceptors (Lipinski definition) is 5. The molecule has 0 saturated carbocycles. The van der Waals surface area contributed by atoms with Crippen LogP contribution >= 0.6 is 0 Å². The summed E-state index contributed by atoms with van der Waals surface area (Å²) >= 11 is 0. The van der Waals surface area contributed by atoms with Crippen molar-refractivity contribution in [2.45, 2.75) is 11.0 Å². The summed E-state index contributed by atoms with van der Waals surface area (Å²) in [6.07, 6.45) is -0.212. The third-order valence-electron chi connectivity index (χ3n) is 3.81. The van der Waals surface area contributed by atoms with Gasteiger partial charge in [0.1, 0.15) is 5.75 Å². The van der Waals surface area contributed by atoms with Crippen molar-refractivity contribution in [3.05, 3.63) is 54.1 Å². The van der Waals surface area contributed by atoms with Gasteiger partial charge in [-0.2, -0.15) is 0 Å². The second-order valence-corrected chi connectivity index (χ2v) is 7.58. The molecule has 1 amide bonds. The number of ether oxygens (including phenoxy) is 1. The van der Waals surface area contributed by atoms with Crippen molar-refractivity contribution < 1.29 is 27.9 Å². The largest absolute Gasteiger partial charge is 0.478 e. The Bertz CT molecular complexity index is 953. The first-order valence-corrected chi connectivity index (χ1v) is 9.27. The maximum Gasteiger partial charge on any atom is 0.346 e. The first kappa shape index (κ1) is 17.0. The third-order valence-corrected chi connectivity index (χ3v) is 4.97. The van der Waals surface area contributed by atoms with Crippen LogP contribution in [0.25, 0.3) is 0 Å². The number of carbonyl (C=O) groups is 2. The Labute approximate surface area is 144 Å². The summed E-state index contributed by atoms with van der Waals surface area (Å²) in [6, 6.07) is 12.4. The summed E-state index contributed by atoms with van der Waals surface area (Å²) in [7, 11) is -3.62. The van der Waals surface area contributed by atoms with Gasteiger partial charge in [-0.15, -0.1) is 0 Å². The molecule has 0 radical (unpaired) electrons. The van der Waals surface area contributed by atoms with Gasteiger partial charge >= 0.3 is 5.97 Å². The molecule has 8 heteroatoms. The van der Waals surface area contributed by atoms with Crippen molar-refractivity contribution in [3.8, 4) is 5.75 Å². The minimum absolute atomic E-state index is 0.00848. The Morgan fingerprint density at radius 2 is 1.76 bits per heavy atom. The highest BCUT2D eigenvalue weighted by Crippen LogP contribution is 2.34. The number of aliphatic carboxylic acids is 1. The summed E-state index contributed by atoms with van der Waals surface area (Å²) < 4.78 is 29.3. The highest BCUT2D eigenvalue weighted by molar-refractivity contribution is 7.90. The molecule has 1 atom stereocenters. The molecule has 130 valence electrons. The Kier molecular flexibility index (Phi) is 4.22. The van der Waals surface area contributed by atoms with Gasteiger partial charge in [0.25, 0.3) is 5.91 Å². The zero-order chi connectivity index (χ0) is 18.2. The molecule has 1 aliphatic heterocycles. The normalized spacial score (nSPS) is 16.7. The fourth-order valence-corrected chi connectivity index (χ4v) is 3.55. The number of benzene rings is 2. The number of carboxylic acids is 1. The van der Waals surface area contributed by atoms with Crippen LogP contribution < -0.4 is 9.64 Å². The number of fused-ring (bicyclic) bond motifs is 1. The van der Waals surface area contributed by atoms with Crippen LogP contribution in [0.15, 0.2) is 53.4 Å². The van der Waals surface area contributed by atoms with Crippen molar-refractivity contribution in [1.82, 2.24) is 0 Å². The third kappa shape index (κ3) is 3.20. The zero-order valence-electron chi connectivity index (χ0n) is 13.2. The molecule has 0 saturated heterocycles. The van der Waals surface area contributed by atoms with E-state index in [0.717, 1.165) is 6.26 Å². The van der Waals surface area contributed by atoms with Crippen LogP contribution in [0.3, 0.4) is 0 Å². The van der Waals surface area contributed by atoms with E-state index < -0.39 is 27.8 Å². The topological polar surface area (TPSA) is 101 Å². The first-order valence-electron chi connectivity index (χ1n) is 7.38. The Morgan fingerprint density at radius 1 is 1.12 bits per heavy atom. The molecule has 1 unspecified atom stereocenters. The summed E-state index contributed by atoms with van der Waals surface area (Å²) in [5, 5.41) is 9.26. The van der Waals surface area contributed by atoms with Gasteiger partial charge in [0.05, 0.1) is 22.7 Å². The number of sulfone groups is 1. The van der Waals surface area contributed by atoms with Crippen LogP contribution in [0.2, 0.25) is 0 Å². The Morgan fingerprint density at radius 3 is 2.44 bits per heavy atom. The van der Waals surface area contributed by atoms with Gasteiger partial charge in [0, 0.05) is 6.26 Å². The lowest BCUT2D eigenvalue weighted by Gasteiger charge is -2.33. The molecule has 0 fully saturated rings. The fraction of sp³-hybridized carbons (Fsp3) is 0.176. The van der Waals surface area contributed by atoms with Crippen molar-refractivity contribution in [2.75, 3.05) is 17.7 Å². The predicted octanol–water partition coefficient (Wildman–Crippen LogP) is 1.58. The van der Waals surface area contributed by atoms with Crippen LogP contribution in [0, 0.1) is 0 Å². The number of carboxylic acid groups (broad SMARTS) is 1. The second-order valence-electron chi connectivity index (χ2n) is 5.60. The molecule has 25 heavy (non-hydrogen) atoms. The van der Waals surface area contributed by atoms with Gasteiger partial charge in [-0.05, 0) is 24.3 Å². The van der Waals surface area contributed by atoms with E-state index in [9.17, 15) is 23.1 Å². The van der Waals surface area contributed by atoms with Crippen molar-refractivity contribution in [2.24, 2.45) is 0 Å². The molecule has 0 aromatic heterocycles. The number of nitrogens with zero attached hydrogens (tertiary/aromatic N) is 1. The summed E-state index contributed by atoms with van der Waals surface area (Å²) in [5.74, 6) is -1.54. The van der Waals surface area contributed by atoms with Crippen LogP contribution in [0.1, 0.15) is 10.4 Å². The van der Waals surface area contributed by atoms with E-state index in [1.165, 1.54) is 23.1 Å². The average molecular weight is 361 g/mol. The maximum absolute atomic E-state index is 13.0. The Hall–Kier alpha value is -2.87. The molecular formula is C17H15NO6S. The molecule has 1 aliphatic rings. The lowest BCUT2D eigenvalue weighted by molar-refractivity contribution is -0.144. The van der Waals surface area contributed by atoms with Gasteiger partial charge in [-0.1, -0.05) is 24.3 Å². The monoisotopic (exact) mass is 361 g/mol. The van der Waals surface area contributed by atoms with Gasteiger partial charge < -0.3 is 14.7 Å². The molecule has 0 spiro atoms. The molecule has 2 aromatic carbocycles. The highest BCUT2D eigenvalue weighted by Gasteiger charge is 2.35. The van der Waals surface area contributed by atoms with Crippen LogP contribution in [-0.2, 0) is 14.6 Å². The highest BCUT2D eigenvalue weighted by atomic mass is 32.2. The molecule has 3 rings (SSSR count). The Balaban J connectivity index is 2.10. The van der Waals surface area contributed by atoms with E-state index in [1.807, 2.05) is 0 Å². The summed E-state index contributed by atoms with van der Waals surface area (Å²) in [4.78, 5) is 25.5. The molecular weight excluding hydrogens is 346 g/mol. The first-order chi connectivity index (χ1) is 11.8. The molecule has 2 aromatic rings. The number of carbonyl (C=O) groups excluding carboxylic acids is 1. The SMILES string of the molecule is CS(=O)(=O)c1ccccc1C(=O)N1CC(C(=O)O)Oc2ccccc21. The number of rotatable bonds is 3. The van der Waals surface area contributed by atoms with Crippen molar-refractivity contribution in [1.29, 1.82) is 0 Å². The van der Waals surface area contributed by atoms with Crippen LogP contribution in [-0.4, -0.2) is 44.3 Å². The maximum atomic E-state index is 13.0.